The van der Waals surface area contributed by atoms with Crippen LogP contribution in [0.4, 0.5) is 0 Å². The highest BCUT2D eigenvalue weighted by molar-refractivity contribution is 9.25. The summed E-state index contributed by atoms with van der Waals surface area (Å²) < 4.78 is 11.3. The molecule has 0 aromatic heterocycles. The maximum Gasteiger partial charge on any atom is 0.417 e. The number of hydrogen-bond donors (Lipinski definition) is 0. The van der Waals surface area contributed by atoms with E-state index < -0.39 is 7.18 Å². The molecule has 1 atom stereocenters. The van der Waals surface area contributed by atoms with Crippen molar-refractivity contribution in [3.05, 3.63) is 0 Å². The van der Waals surface area contributed by atoms with Crippen LogP contribution < -0.4 is 0 Å². The van der Waals surface area contributed by atoms with E-state index in [-0.39, 0.29) is 0 Å². The van der Waals surface area contributed by atoms with Gasteiger partial charge in [-0.05, 0) is 13.8 Å². The lowest BCUT2D eigenvalue weighted by Crippen LogP contribution is -2.39. The van der Waals surface area contributed by atoms with E-state index in [1.165, 1.54) is 0 Å². The Morgan fingerprint density at radius 1 is 1.17 bits per heavy atom. The second kappa shape index (κ2) is 6.13. The van der Waals surface area contributed by atoms with E-state index in [1.54, 1.807) is 0 Å². The lowest BCUT2D eigenvalue weighted by atomic mass is 10.4. The first-order valence-corrected chi connectivity index (χ1v) is 8.72. The molecule has 0 radical (unpaired) electrons. The Labute approximate surface area is 84.5 Å². The van der Waals surface area contributed by atoms with E-state index in [2.05, 4.69) is 29.1 Å². The SMILES string of the molecule is CCO[Si](Br)(OCC)C(C)CC. The quantitative estimate of drug-likeness (QED) is 0.536. The molecule has 0 saturated heterocycles. The summed E-state index contributed by atoms with van der Waals surface area (Å²) in [4.78, 5) is 0. The van der Waals surface area contributed by atoms with Crippen LogP contribution in [0.25, 0.3) is 0 Å². The fourth-order valence-corrected chi connectivity index (χ4v) is 5.24. The summed E-state index contributed by atoms with van der Waals surface area (Å²) in [5.41, 5.74) is 0.498. The molecule has 0 bridgehead atoms. The van der Waals surface area contributed by atoms with Gasteiger partial charge in [-0.25, -0.2) is 0 Å². The molecule has 0 aliphatic heterocycles. The normalized spacial score (nSPS) is 14.8. The second-order valence-electron chi connectivity index (χ2n) is 2.76. The lowest BCUT2D eigenvalue weighted by molar-refractivity contribution is 0.197. The van der Waals surface area contributed by atoms with Gasteiger partial charge in [-0.1, -0.05) is 35.6 Å². The Morgan fingerprint density at radius 2 is 1.58 bits per heavy atom. The molecule has 0 N–H and O–H groups in total. The lowest BCUT2D eigenvalue weighted by Gasteiger charge is -2.28. The standard InChI is InChI=1S/C8H19BrO2Si/c1-5-8(4)12(9,10-6-2)11-7-3/h8H,5-7H2,1-4H3. The van der Waals surface area contributed by atoms with Gasteiger partial charge >= 0.3 is 7.18 Å². The van der Waals surface area contributed by atoms with Crippen LogP contribution in [0.5, 0.6) is 0 Å². The van der Waals surface area contributed by atoms with Crippen LogP contribution in [-0.2, 0) is 8.85 Å². The molecule has 0 rings (SSSR count). The Balaban J connectivity index is 4.15. The molecular weight excluding hydrogens is 236 g/mol. The molecule has 74 valence electrons. The average molecular weight is 255 g/mol. The number of halogens is 1. The molecule has 0 spiro atoms. The molecule has 0 aromatic rings. The zero-order valence-corrected chi connectivity index (χ0v) is 11.0. The van der Waals surface area contributed by atoms with Gasteiger partial charge in [-0.2, -0.15) is 0 Å². The minimum atomic E-state index is -2.04. The van der Waals surface area contributed by atoms with E-state index >= 15 is 0 Å². The van der Waals surface area contributed by atoms with Gasteiger partial charge in [-0.15, -0.1) is 0 Å². The second-order valence-corrected chi connectivity index (χ2v) is 8.80. The monoisotopic (exact) mass is 254 g/mol. The van der Waals surface area contributed by atoms with E-state index in [4.69, 9.17) is 8.85 Å². The third-order valence-electron chi connectivity index (χ3n) is 1.88. The number of rotatable bonds is 6. The van der Waals surface area contributed by atoms with Crippen molar-refractivity contribution in [2.45, 2.75) is 39.7 Å². The van der Waals surface area contributed by atoms with Crippen molar-refractivity contribution in [1.29, 1.82) is 0 Å². The van der Waals surface area contributed by atoms with Crippen LogP contribution in [0.3, 0.4) is 0 Å². The molecule has 0 aliphatic carbocycles. The summed E-state index contributed by atoms with van der Waals surface area (Å²) in [5, 5.41) is 0. The molecule has 0 fully saturated rings. The molecule has 4 heteroatoms. The minimum absolute atomic E-state index is 0.498. The predicted molar refractivity (Wildman–Crippen MR) is 57.6 cm³/mol. The van der Waals surface area contributed by atoms with Crippen LogP contribution in [0.2, 0.25) is 5.54 Å². The van der Waals surface area contributed by atoms with Gasteiger partial charge < -0.3 is 8.85 Å². The van der Waals surface area contributed by atoms with Crippen molar-refractivity contribution in [3.8, 4) is 0 Å². The summed E-state index contributed by atoms with van der Waals surface area (Å²) in [6, 6.07) is 0. The molecule has 0 heterocycles. The molecule has 2 nitrogen and oxygen atoms in total. The predicted octanol–water partition coefficient (Wildman–Crippen LogP) is 3.19. The van der Waals surface area contributed by atoms with E-state index in [0.29, 0.717) is 5.54 Å². The van der Waals surface area contributed by atoms with Gasteiger partial charge in [0.15, 0.2) is 0 Å². The van der Waals surface area contributed by atoms with E-state index in [1.807, 2.05) is 13.8 Å². The summed E-state index contributed by atoms with van der Waals surface area (Å²) >= 11 is 3.63. The molecule has 0 amide bonds. The third-order valence-corrected chi connectivity index (χ3v) is 8.55. The zero-order valence-electron chi connectivity index (χ0n) is 8.39. The van der Waals surface area contributed by atoms with Crippen molar-refractivity contribution < 1.29 is 8.85 Å². The highest BCUT2D eigenvalue weighted by Crippen LogP contribution is 2.32. The van der Waals surface area contributed by atoms with E-state index in [0.717, 1.165) is 19.6 Å². The first-order chi connectivity index (χ1) is 5.60. The highest BCUT2D eigenvalue weighted by atomic mass is 79.9. The van der Waals surface area contributed by atoms with Crippen LogP contribution >= 0.6 is 15.3 Å². The molecule has 0 saturated carbocycles. The Hall–Kier alpha value is 0.617. The first-order valence-electron chi connectivity index (χ1n) is 4.57. The Bertz CT molecular complexity index is 116. The fourth-order valence-electron chi connectivity index (χ4n) is 0.964. The van der Waals surface area contributed by atoms with Gasteiger partial charge in [0.05, 0.1) is 0 Å². The van der Waals surface area contributed by atoms with Gasteiger partial charge in [0.25, 0.3) is 0 Å². The molecule has 12 heavy (non-hydrogen) atoms. The summed E-state index contributed by atoms with van der Waals surface area (Å²) in [7, 11) is -2.04. The van der Waals surface area contributed by atoms with Crippen LogP contribution in [0.1, 0.15) is 34.1 Å². The zero-order chi connectivity index (χ0) is 9.61. The van der Waals surface area contributed by atoms with Crippen molar-refractivity contribution in [3.63, 3.8) is 0 Å². The van der Waals surface area contributed by atoms with Crippen molar-refractivity contribution in [2.75, 3.05) is 13.2 Å². The van der Waals surface area contributed by atoms with Crippen LogP contribution in [-0.4, -0.2) is 20.4 Å². The first kappa shape index (κ1) is 12.6. The van der Waals surface area contributed by atoms with Gasteiger partial charge in [0, 0.05) is 18.8 Å². The van der Waals surface area contributed by atoms with Crippen molar-refractivity contribution >= 4 is 22.5 Å². The molecule has 0 aromatic carbocycles. The minimum Gasteiger partial charge on any atom is -0.386 e. The summed E-state index contributed by atoms with van der Waals surface area (Å²) in [6.45, 7) is 9.79. The summed E-state index contributed by atoms with van der Waals surface area (Å²) in [6.07, 6.45) is 1.09. The molecule has 0 aliphatic rings. The Morgan fingerprint density at radius 3 is 1.83 bits per heavy atom. The smallest absolute Gasteiger partial charge is 0.386 e. The van der Waals surface area contributed by atoms with Crippen molar-refractivity contribution in [2.24, 2.45) is 0 Å². The molecule has 1 unspecified atom stereocenters. The maximum absolute atomic E-state index is 5.66. The Kier molecular flexibility index (Phi) is 6.44. The summed E-state index contributed by atoms with van der Waals surface area (Å²) in [5.74, 6) is 0. The highest BCUT2D eigenvalue weighted by Gasteiger charge is 2.39. The van der Waals surface area contributed by atoms with Crippen LogP contribution in [0, 0.1) is 0 Å². The largest absolute Gasteiger partial charge is 0.417 e. The van der Waals surface area contributed by atoms with Crippen LogP contribution in [0.15, 0.2) is 0 Å². The van der Waals surface area contributed by atoms with E-state index in [9.17, 15) is 0 Å². The third kappa shape index (κ3) is 3.56. The number of hydrogen-bond acceptors (Lipinski definition) is 2. The average Bonchev–Trinajstić information content (AvgIpc) is 2.04. The van der Waals surface area contributed by atoms with Gasteiger partial charge in [0.1, 0.15) is 0 Å². The molecular formula is C8H19BrO2Si. The van der Waals surface area contributed by atoms with Gasteiger partial charge in [-0.3, -0.25) is 0 Å². The fraction of sp³-hybridized carbons (Fsp3) is 1.00. The maximum atomic E-state index is 5.66. The van der Waals surface area contributed by atoms with Gasteiger partial charge in [0.2, 0.25) is 0 Å². The topological polar surface area (TPSA) is 18.5 Å². The van der Waals surface area contributed by atoms with Crippen molar-refractivity contribution in [1.82, 2.24) is 0 Å².